The Balaban J connectivity index is 2.34. The van der Waals surface area contributed by atoms with E-state index in [0.717, 1.165) is 30.0 Å². The molecule has 1 N–H and O–H groups in total. The quantitative estimate of drug-likeness (QED) is 0.563. The second-order valence-electron chi connectivity index (χ2n) is 6.88. The van der Waals surface area contributed by atoms with E-state index in [2.05, 4.69) is 63.0 Å². The molecule has 0 spiro atoms. The number of hydrogen-bond donors (Lipinski definition) is 1. The van der Waals surface area contributed by atoms with Gasteiger partial charge in [0.05, 0.1) is 7.11 Å². The predicted molar refractivity (Wildman–Crippen MR) is 109 cm³/mol. The fraction of sp³-hybridized carbons (Fsp3) is 0.304. The van der Waals surface area contributed by atoms with Crippen LogP contribution in [0, 0.1) is 0 Å². The molecule has 0 saturated heterocycles. The first-order chi connectivity index (χ1) is 12.0. The number of anilines is 2. The van der Waals surface area contributed by atoms with Crippen LogP contribution in [-0.4, -0.2) is 7.11 Å². The normalized spacial score (nSPS) is 11.5. The predicted octanol–water partition coefficient (Wildman–Crippen LogP) is 6.41. The van der Waals surface area contributed by atoms with Crippen molar-refractivity contribution in [1.82, 2.24) is 0 Å². The average Bonchev–Trinajstić information content (AvgIpc) is 2.61. The van der Waals surface area contributed by atoms with Gasteiger partial charge in [0, 0.05) is 11.4 Å². The smallest absolute Gasteiger partial charge is 0.119 e. The van der Waals surface area contributed by atoms with Crippen LogP contribution >= 0.6 is 0 Å². The van der Waals surface area contributed by atoms with Crippen molar-refractivity contribution < 1.29 is 4.74 Å². The highest BCUT2D eigenvalue weighted by atomic mass is 16.5. The van der Waals surface area contributed by atoms with Crippen LogP contribution in [0.2, 0.25) is 0 Å². The molecule has 2 rings (SSSR count). The van der Waals surface area contributed by atoms with E-state index in [1.165, 1.54) is 11.1 Å². The monoisotopic (exact) mass is 335 g/mol. The molecule has 0 radical (unpaired) electrons. The molecule has 0 atom stereocenters. The largest absolute Gasteiger partial charge is 0.497 e. The van der Waals surface area contributed by atoms with Crippen molar-refractivity contribution >= 4 is 11.4 Å². The number of rotatable bonds is 8. The highest BCUT2D eigenvalue weighted by molar-refractivity contribution is 5.62. The van der Waals surface area contributed by atoms with E-state index in [4.69, 9.17) is 4.74 Å². The molecule has 0 aliphatic rings. The van der Waals surface area contributed by atoms with E-state index in [1.807, 2.05) is 30.3 Å². The van der Waals surface area contributed by atoms with E-state index < -0.39 is 0 Å². The molecule has 0 unspecified atom stereocenters. The van der Waals surface area contributed by atoms with E-state index in [9.17, 15) is 0 Å². The van der Waals surface area contributed by atoms with Crippen LogP contribution < -0.4 is 10.1 Å². The summed E-state index contributed by atoms with van der Waals surface area (Å²) in [4.78, 5) is 0. The Morgan fingerprint density at radius 2 is 1.76 bits per heavy atom. The van der Waals surface area contributed by atoms with Crippen molar-refractivity contribution in [1.29, 1.82) is 0 Å². The Labute approximate surface area is 152 Å². The molecule has 0 aromatic heterocycles. The van der Waals surface area contributed by atoms with Crippen molar-refractivity contribution in [3.8, 4) is 5.75 Å². The number of ether oxygens (including phenoxy) is 1. The summed E-state index contributed by atoms with van der Waals surface area (Å²) in [6, 6.07) is 14.6. The third-order valence-corrected chi connectivity index (χ3v) is 4.45. The summed E-state index contributed by atoms with van der Waals surface area (Å²) < 4.78 is 5.22. The van der Waals surface area contributed by atoms with Gasteiger partial charge in [0.2, 0.25) is 0 Å². The highest BCUT2D eigenvalue weighted by Gasteiger charge is 2.22. The first-order valence-electron chi connectivity index (χ1n) is 8.76. The summed E-state index contributed by atoms with van der Waals surface area (Å²) >= 11 is 0. The topological polar surface area (TPSA) is 21.3 Å². The van der Waals surface area contributed by atoms with Gasteiger partial charge in [-0.05, 0) is 72.7 Å². The maximum absolute atomic E-state index is 5.22. The lowest BCUT2D eigenvalue weighted by Crippen LogP contribution is -2.18. The minimum Gasteiger partial charge on any atom is -0.497 e. The molecule has 0 heterocycles. The molecule has 25 heavy (non-hydrogen) atoms. The number of benzene rings is 2. The Hall–Kier alpha value is -2.48. The van der Waals surface area contributed by atoms with Gasteiger partial charge >= 0.3 is 0 Å². The number of nitrogens with one attached hydrogen (secondary N) is 1. The molecule has 2 heteroatoms. The lowest BCUT2D eigenvalue weighted by atomic mass is 9.78. The van der Waals surface area contributed by atoms with Crippen LogP contribution in [0.5, 0.6) is 5.75 Å². The van der Waals surface area contributed by atoms with E-state index in [-0.39, 0.29) is 5.41 Å². The van der Waals surface area contributed by atoms with E-state index in [0.29, 0.717) is 0 Å². The molecule has 2 aromatic carbocycles. The molecule has 132 valence electrons. The molecule has 0 fully saturated rings. The van der Waals surface area contributed by atoms with E-state index >= 15 is 0 Å². The Kier molecular flexibility index (Phi) is 6.46. The van der Waals surface area contributed by atoms with Crippen LogP contribution in [-0.2, 0) is 11.8 Å². The van der Waals surface area contributed by atoms with Gasteiger partial charge in [-0.15, -0.1) is 6.58 Å². The molecular formula is C23H29NO. The molecule has 0 aliphatic carbocycles. The maximum Gasteiger partial charge on any atom is 0.119 e. The Bertz CT molecular complexity index is 726. The number of methoxy groups -OCH3 is 1. The van der Waals surface area contributed by atoms with E-state index in [1.54, 1.807) is 7.11 Å². The standard InChI is InChI=1S/C23H29NO/c1-6-8-9-18-10-11-20(17-22(18)23(3,4)16-7-2)24-19-12-14-21(25-5)15-13-19/h6-8,10-15,17,24H,2,9,16H2,1,3-5H3/b8-6-. The second-order valence-corrected chi connectivity index (χ2v) is 6.88. The first-order valence-corrected chi connectivity index (χ1v) is 8.76. The van der Waals surface area contributed by atoms with Gasteiger partial charge in [-0.3, -0.25) is 0 Å². The average molecular weight is 335 g/mol. The lowest BCUT2D eigenvalue weighted by Gasteiger charge is -2.27. The Morgan fingerprint density at radius 3 is 2.36 bits per heavy atom. The van der Waals surface area contributed by atoms with Crippen molar-refractivity contribution in [2.75, 3.05) is 12.4 Å². The van der Waals surface area contributed by atoms with Crippen molar-refractivity contribution in [2.24, 2.45) is 0 Å². The summed E-state index contributed by atoms with van der Waals surface area (Å²) in [6.45, 7) is 10.5. The number of hydrogen-bond acceptors (Lipinski definition) is 2. The zero-order valence-corrected chi connectivity index (χ0v) is 15.8. The van der Waals surface area contributed by atoms with Crippen LogP contribution in [0.4, 0.5) is 11.4 Å². The molecule has 0 aliphatic heterocycles. The highest BCUT2D eigenvalue weighted by Crippen LogP contribution is 2.33. The Morgan fingerprint density at radius 1 is 1.08 bits per heavy atom. The molecule has 0 saturated carbocycles. The maximum atomic E-state index is 5.22. The fourth-order valence-electron chi connectivity index (χ4n) is 3.02. The van der Waals surface area contributed by atoms with Gasteiger partial charge in [0.25, 0.3) is 0 Å². The third kappa shape index (κ3) is 4.99. The van der Waals surface area contributed by atoms with Crippen LogP contribution in [0.3, 0.4) is 0 Å². The van der Waals surface area contributed by atoms with Gasteiger partial charge in [-0.25, -0.2) is 0 Å². The SMILES string of the molecule is C=CCC(C)(C)c1cc(Nc2ccc(OC)cc2)ccc1C/C=C\C. The van der Waals surface area contributed by atoms with Gasteiger partial charge in [0.15, 0.2) is 0 Å². The summed E-state index contributed by atoms with van der Waals surface area (Å²) in [5.41, 5.74) is 4.93. The molecule has 2 aromatic rings. The first kappa shape index (κ1) is 18.9. The molecule has 2 nitrogen and oxygen atoms in total. The minimum atomic E-state index is 0.0518. The summed E-state index contributed by atoms with van der Waals surface area (Å²) in [7, 11) is 1.68. The van der Waals surface area contributed by atoms with Gasteiger partial charge < -0.3 is 10.1 Å². The van der Waals surface area contributed by atoms with Gasteiger partial charge in [0.1, 0.15) is 5.75 Å². The second kappa shape index (κ2) is 8.57. The lowest BCUT2D eigenvalue weighted by molar-refractivity contribution is 0.415. The van der Waals surface area contributed by atoms with Gasteiger partial charge in [-0.2, -0.15) is 0 Å². The van der Waals surface area contributed by atoms with Gasteiger partial charge in [-0.1, -0.05) is 38.1 Å². The van der Waals surface area contributed by atoms with Crippen LogP contribution in [0.15, 0.2) is 67.3 Å². The van der Waals surface area contributed by atoms with Crippen LogP contribution in [0.25, 0.3) is 0 Å². The minimum absolute atomic E-state index is 0.0518. The van der Waals surface area contributed by atoms with Crippen molar-refractivity contribution in [3.63, 3.8) is 0 Å². The molecule has 0 bridgehead atoms. The zero-order valence-electron chi connectivity index (χ0n) is 15.8. The zero-order chi connectivity index (χ0) is 18.3. The number of allylic oxidation sites excluding steroid dienone is 3. The van der Waals surface area contributed by atoms with Crippen molar-refractivity contribution in [3.05, 3.63) is 78.4 Å². The summed E-state index contributed by atoms with van der Waals surface area (Å²) in [5, 5.41) is 3.49. The summed E-state index contributed by atoms with van der Waals surface area (Å²) in [5.74, 6) is 0.861. The van der Waals surface area contributed by atoms with Crippen LogP contribution in [0.1, 0.15) is 38.3 Å². The fourth-order valence-corrected chi connectivity index (χ4v) is 3.02. The third-order valence-electron chi connectivity index (χ3n) is 4.45. The molecular weight excluding hydrogens is 306 g/mol. The summed E-state index contributed by atoms with van der Waals surface area (Å²) in [6.07, 6.45) is 8.22. The molecule has 0 amide bonds. The van der Waals surface area contributed by atoms with Crippen molar-refractivity contribution in [2.45, 2.75) is 39.0 Å².